The Morgan fingerprint density at radius 1 is 0.800 bits per heavy atom. The van der Waals surface area contributed by atoms with E-state index in [1.165, 1.54) is 77.0 Å². The van der Waals surface area contributed by atoms with Crippen molar-refractivity contribution in [3.63, 3.8) is 0 Å². The lowest BCUT2D eigenvalue weighted by molar-refractivity contribution is -0.118. The number of nitrogens with two attached hydrogens (primary N) is 1. The second kappa shape index (κ2) is 14.9. The summed E-state index contributed by atoms with van der Waals surface area (Å²) in [4.78, 5) is 10.6. The third-order valence-electron chi connectivity index (χ3n) is 4.32. The molecule has 2 nitrogen and oxygen atoms in total. The molecule has 0 aliphatic carbocycles. The van der Waals surface area contributed by atoms with Crippen LogP contribution in [0.25, 0.3) is 0 Å². The Kier molecular flexibility index (Phi) is 14.5. The van der Waals surface area contributed by atoms with Gasteiger partial charge in [-0.15, -0.1) is 0 Å². The number of carbonyl (C=O) groups is 1. The van der Waals surface area contributed by atoms with Gasteiger partial charge < -0.3 is 5.73 Å². The van der Waals surface area contributed by atoms with Crippen molar-refractivity contribution in [3.8, 4) is 0 Å². The summed E-state index contributed by atoms with van der Waals surface area (Å²) in [5, 5.41) is 0. The third-order valence-corrected chi connectivity index (χ3v) is 4.32. The molecule has 0 spiro atoms. The molecule has 1 atom stereocenters. The van der Waals surface area contributed by atoms with Crippen LogP contribution >= 0.6 is 0 Å². The van der Waals surface area contributed by atoms with Crippen LogP contribution < -0.4 is 5.73 Å². The van der Waals surface area contributed by atoms with Crippen molar-refractivity contribution in [2.75, 3.05) is 0 Å². The quantitative estimate of drug-likeness (QED) is 0.391. The molecule has 120 valence electrons. The van der Waals surface area contributed by atoms with Crippen molar-refractivity contribution < 1.29 is 4.79 Å². The van der Waals surface area contributed by atoms with Crippen molar-refractivity contribution in [3.05, 3.63) is 0 Å². The Hall–Kier alpha value is -0.530. The largest absolute Gasteiger partial charge is 0.370 e. The van der Waals surface area contributed by atoms with Crippen LogP contribution in [0, 0.1) is 5.92 Å². The summed E-state index contributed by atoms with van der Waals surface area (Å²) in [6.45, 7) is 4.65. The van der Waals surface area contributed by atoms with E-state index >= 15 is 0 Å². The summed E-state index contributed by atoms with van der Waals surface area (Å²) in [5.41, 5.74) is 5.11. The molecule has 1 amide bonds. The topological polar surface area (TPSA) is 43.1 Å². The molecule has 0 fully saturated rings. The van der Waals surface area contributed by atoms with Gasteiger partial charge in [-0.25, -0.2) is 0 Å². The third kappa shape index (κ3) is 15.5. The first-order valence-electron chi connectivity index (χ1n) is 8.95. The number of hydrogen-bond acceptors (Lipinski definition) is 1. The fraction of sp³-hybridized carbons (Fsp3) is 0.944. The predicted molar refractivity (Wildman–Crippen MR) is 88.7 cm³/mol. The van der Waals surface area contributed by atoms with E-state index in [-0.39, 0.29) is 5.91 Å². The maximum absolute atomic E-state index is 10.6. The molecule has 0 aromatic heterocycles. The predicted octanol–water partition coefficient (Wildman–Crippen LogP) is 5.59. The Bertz CT molecular complexity index is 215. The Labute approximate surface area is 126 Å². The van der Waals surface area contributed by atoms with Gasteiger partial charge in [-0.3, -0.25) is 4.79 Å². The minimum Gasteiger partial charge on any atom is -0.370 e. The molecule has 0 saturated heterocycles. The highest BCUT2D eigenvalue weighted by Gasteiger charge is 1.98. The molecule has 0 saturated carbocycles. The first kappa shape index (κ1) is 19.5. The number of carbonyl (C=O) groups excluding carboxylic acids is 1. The van der Waals surface area contributed by atoms with E-state index in [0.29, 0.717) is 6.42 Å². The molecule has 0 aromatic carbocycles. The zero-order valence-corrected chi connectivity index (χ0v) is 14.0. The van der Waals surface area contributed by atoms with Crippen LogP contribution in [0.5, 0.6) is 0 Å². The summed E-state index contributed by atoms with van der Waals surface area (Å²) in [6.07, 6.45) is 17.9. The summed E-state index contributed by atoms with van der Waals surface area (Å²) in [6, 6.07) is 0. The standard InChI is InChI=1S/C18H37NO/c1-3-17(2)15-13-11-9-7-5-4-6-8-10-12-14-16-18(19)20/h17H,3-16H2,1-2H3,(H2,19,20). The van der Waals surface area contributed by atoms with E-state index in [1.807, 2.05) is 0 Å². The zero-order chi connectivity index (χ0) is 15.1. The van der Waals surface area contributed by atoms with Crippen LogP contribution in [0.4, 0.5) is 0 Å². The number of primary amides is 1. The molecule has 0 aliphatic heterocycles. The normalized spacial score (nSPS) is 12.5. The number of amides is 1. The van der Waals surface area contributed by atoms with Crippen LogP contribution in [0.2, 0.25) is 0 Å². The van der Waals surface area contributed by atoms with Gasteiger partial charge in [-0.2, -0.15) is 0 Å². The van der Waals surface area contributed by atoms with Gasteiger partial charge in [0, 0.05) is 6.42 Å². The molecule has 20 heavy (non-hydrogen) atoms. The minimum atomic E-state index is -0.154. The Balaban J connectivity index is 3.01. The zero-order valence-electron chi connectivity index (χ0n) is 14.0. The molecule has 0 aromatic rings. The molecule has 0 heterocycles. The van der Waals surface area contributed by atoms with Gasteiger partial charge in [-0.1, -0.05) is 90.9 Å². The van der Waals surface area contributed by atoms with Gasteiger partial charge in [0.25, 0.3) is 0 Å². The summed E-state index contributed by atoms with van der Waals surface area (Å²) in [5.74, 6) is 0.767. The average molecular weight is 283 g/mol. The fourth-order valence-corrected chi connectivity index (χ4v) is 2.59. The van der Waals surface area contributed by atoms with Crippen LogP contribution in [0.3, 0.4) is 0 Å². The number of unbranched alkanes of at least 4 members (excludes halogenated alkanes) is 10. The van der Waals surface area contributed by atoms with Crippen LogP contribution in [0.1, 0.15) is 104 Å². The van der Waals surface area contributed by atoms with Crippen LogP contribution in [-0.2, 0) is 4.79 Å². The molecule has 2 heteroatoms. The lowest BCUT2D eigenvalue weighted by atomic mass is 9.99. The maximum Gasteiger partial charge on any atom is 0.217 e. The molecular formula is C18H37NO. The summed E-state index contributed by atoms with van der Waals surface area (Å²) >= 11 is 0. The molecule has 2 N–H and O–H groups in total. The lowest BCUT2D eigenvalue weighted by Gasteiger charge is -2.07. The van der Waals surface area contributed by atoms with Crippen LogP contribution in [-0.4, -0.2) is 5.91 Å². The number of hydrogen-bond donors (Lipinski definition) is 1. The van der Waals surface area contributed by atoms with E-state index < -0.39 is 0 Å². The van der Waals surface area contributed by atoms with E-state index in [2.05, 4.69) is 13.8 Å². The van der Waals surface area contributed by atoms with Crippen molar-refractivity contribution in [1.82, 2.24) is 0 Å². The first-order chi connectivity index (χ1) is 9.66. The maximum atomic E-state index is 10.6. The fourth-order valence-electron chi connectivity index (χ4n) is 2.59. The second-order valence-corrected chi connectivity index (χ2v) is 6.41. The Morgan fingerprint density at radius 3 is 1.60 bits per heavy atom. The van der Waals surface area contributed by atoms with Crippen LogP contribution in [0.15, 0.2) is 0 Å². The van der Waals surface area contributed by atoms with Gasteiger partial charge in [0.2, 0.25) is 5.91 Å². The SMILES string of the molecule is CCC(C)CCCCCCCCCCCCCC(N)=O. The van der Waals surface area contributed by atoms with E-state index in [9.17, 15) is 4.79 Å². The van der Waals surface area contributed by atoms with Crippen molar-refractivity contribution in [2.45, 2.75) is 104 Å². The molecular weight excluding hydrogens is 246 g/mol. The van der Waals surface area contributed by atoms with Gasteiger partial charge in [0.15, 0.2) is 0 Å². The second-order valence-electron chi connectivity index (χ2n) is 6.41. The molecule has 1 unspecified atom stereocenters. The van der Waals surface area contributed by atoms with Gasteiger partial charge in [0.05, 0.1) is 0 Å². The Morgan fingerprint density at radius 2 is 1.20 bits per heavy atom. The smallest absolute Gasteiger partial charge is 0.217 e. The van der Waals surface area contributed by atoms with Crippen molar-refractivity contribution in [1.29, 1.82) is 0 Å². The van der Waals surface area contributed by atoms with Gasteiger partial charge in [0.1, 0.15) is 0 Å². The highest BCUT2D eigenvalue weighted by atomic mass is 16.1. The first-order valence-corrected chi connectivity index (χ1v) is 8.95. The molecule has 0 aliphatic rings. The highest BCUT2D eigenvalue weighted by Crippen LogP contribution is 2.15. The van der Waals surface area contributed by atoms with Crippen molar-refractivity contribution in [2.24, 2.45) is 11.7 Å². The van der Waals surface area contributed by atoms with Gasteiger partial charge >= 0.3 is 0 Å². The van der Waals surface area contributed by atoms with E-state index in [1.54, 1.807) is 0 Å². The van der Waals surface area contributed by atoms with Gasteiger partial charge in [-0.05, 0) is 12.3 Å². The van der Waals surface area contributed by atoms with E-state index in [0.717, 1.165) is 12.3 Å². The molecule has 0 rings (SSSR count). The molecule has 0 bridgehead atoms. The lowest BCUT2D eigenvalue weighted by Crippen LogP contribution is -2.09. The highest BCUT2D eigenvalue weighted by molar-refractivity contribution is 5.73. The summed E-state index contributed by atoms with van der Waals surface area (Å²) < 4.78 is 0. The van der Waals surface area contributed by atoms with E-state index in [4.69, 9.17) is 5.73 Å². The number of rotatable bonds is 15. The average Bonchev–Trinajstić information content (AvgIpc) is 2.43. The summed E-state index contributed by atoms with van der Waals surface area (Å²) in [7, 11) is 0. The minimum absolute atomic E-state index is 0.154. The molecule has 0 radical (unpaired) electrons. The van der Waals surface area contributed by atoms with Crippen molar-refractivity contribution >= 4 is 5.91 Å². The monoisotopic (exact) mass is 283 g/mol.